The summed E-state index contributed by atoms with van der Waals surface area (Å²) in [5.74, 6) is -0.808. The Labute approximate surface area is 95.7 Å². The molecule has 0 aliphatic carbocycles. The molecule has 0 atom stereocenters. The molecule has 0 saturated heterocycles. The predicted octanol–water partition coefficient (Wildman–Crippen LogP) is 3.23. The van der Waals surface area contributed by atoms with E-state index in [1.807, 2.05) is 36.4 Å². The largest absolute Gasteiger partial charge is 0.481 e. The van der Waals surface area contributed by atoms with Crippen molar-refractivity contribution in [2.24, 2.45) is 0 Å². The van der Waals surface area contributed by atoms with Crippen molar-refractivity contribution in [1.29, 1.82) is 0 Å². The molecule has 2 nitrogen and oxygen atoms in total. The molecule has 0 radical (unpaired) electrons. The van der Waals surface area contributed by atoms with Gasteiger partial charge < -0.3 is 5.11 Å². The summed E-state index contributed by atoms with van der Waals surface area (Å²) in [6.45, 7) is 0. The summed E-state index contributed by atoms with van der Waals surface area (Å²) in [5, 5.41) is 10.9. The zero-order chi connectivity index (χ0) is 10.8. The van der Waals surface area contributed by atoms with Crippen LogP contribution >= 0.6 is 15.9 Å². The quantitative estimate of drug-likeness (QED) is 0.905. The van der Waals surface area contributed by atoms with Crippen molar-refractivity contribution in [1.82, 2.24) is 0 Å². The van der Waals surface area contributed by atoms with Crippen molar-refractivity contribution in [3.05, 3.63) is 46.4 Å². The van der Waals surface area contributed by atoms with E-state index in [-0.39, 0.29) is 6.42 Å². The molecule has 1 N–H and O–H groups in total. The molecule has 2 aromatic carbocycles. The Morgan fingerprint density at radius 2 is 2.00 bits per heavy atom. The van der Waals surface area contributed by atoms with Crippen LogP contribution in [0.5, 0.6) is 0 Å². The van der Waals surface area contributed by atoms with Gasteiger partial charge in [-0.05, 0) is 22.4 Å². The summed E-state index contributed by atoms with van der Waals surface area (Å²) in [4.78, 5) is 10.6. The number of halogens is 1. The van der Waals surface area contributed by atoms with Gasteiger partial charge in [0.05, 0.1) is 6.42 Å². The first kappa shape index (κ1) is 10.2. The Hall–Kier alpha value is -1.35. The Kier molecular flexibility index (Phi) is 2.73. The molecule has 0 aromatic heterocycles. The van der Waals surface area contributed by atoms with Gasteiger partial charge in [-0.2, -0.15) is 0 Å². The van der Waals surface area contributed by atoms with Crippen LogP contribution in [0.4, 0.5) is 0 Å². The number of hydrogen-bond acceptors (Lipinski definition) is 1. The lowest BCUT2D eigenvalue weighted by molar-refractivity contribution is -0.136. The van der Waals surface area contributed by atoms with E-state index in [4.69, 9.17) is 5.11 Å². The van der Waals surface area contributed by atoms with Crippen LogP contribution < -0.4 is 0 Å². The molecule has 2 aromatic rings. The highest BCUT2D eigenvalue weighted by Gasteiger charge is 2.04. The lowest BCUT2D eigenvalue weighted by Gasteiger charge is -2.04. The topological polar surface area (TPSA) is 37.3 Å². The van der Waals surface area contributed by atoms with E-state index in [2.05, 4.69) is 15.9 Å². The minimum Gasteiger partial charge on any atom is -0.481 e. The molecule has 15 heavy (non-hydrogen) atoms. The molecule has 76 valence electrons. The fraction of sp³-hybridized carbons (Fsp3) is 0.0833. The molecule has 0 aliphatic heterocycles. The van der Waals surface area contributed by atoms with E-state index >= 15 is 0 Å². The maximum absolute atomic E-state index is 10.6. The van der Waals surface area contributed by atoms with Crippen molar-refractivity contribution < 1.29 is 9.90 Å². The third kappa shape index (κ3) is 2.18. The van der Waals surface area contributed by atoms with Gasteiger partial charge in [-0.1, -0.05) is 46.3 Å². The highest BCUT2D eigenvalue weighted by Crippen LogP contribution is 2.25. The minimum absolute atomic E-state index is 0.0590. The lowest BCUT2D eigenvalue weighted by Crippen LogP contribution is -1.99. The van der Waals surface area contributed by atoms with E-state index in [9.17, 15) is 4.79 Å². The Morgan fingerprint density at radius 3 is 2.73 bits per heavy atom. The second-order valence-corrected chi connectivity index (χ2v) is 4.22. The molecule has 0 aliphatic rings. The van der Waals surface area contributed by atoms with Gasteiger partial charge in [0.2, 0.25) is 0 Å². The van der Waals surface area contributed by atoms with E-state index in [1.54, 1.807) is 0 Å². The van der Waals surface area contributed by atoms with E-state index in [1.165, 1.54) is 0 Å². The minimum atomic E-state index is -0.808. The highest BCUT2D eigenvalue weighted by atomic mass is 79.9. The third-order valence-corrected chi connectivity index (χ3v) is 2.88. The van der Waals surface area contributed by atoms with Gasteiger partial charge in [-0.15, -0.1) is 0 Å². The first-order valence-corrected chi connectivity index (χ1v) is 5.35. The zero-order valence-corrected chi connectivity index (χ0v) is 9.49. The van der Waals surface area contributed by atoms with Gasteiger partial charge in [0.15, 0.2) is 0 Å². The summed E-state index contributed by atoms with van der Waals surface area (Å²) in [6, 6.07) is 11.7. The second kappa shape index (κ2) is 4.03. The van der Waals surface area contributed by atoms with Crippen LogP contribution in [-0.4, -0.2) is 11.1 Å². The van der Waals surface area contributed by atoms with Crippen LogP contribution in [-0.2, 0) is 11.2 Å². The van der Waals surface area contributed by atoms with Gasteiger partial charge in [0.1, 0.15) is 0 Å². The number of aliphatic carboxylic acids is 1. The number of carboxylic acids is 1. The van der Waals surface area contributed by atoms with E-state index in [0.717, 1.165) is 20.8 Å². The van der Waals surface area contributed by atoms with Crippen molar-refractivity contribution in [2.45, 2.75) is 6.42 Å². The van der Waals surface area contributed by atoms with Crippen LogP contribution in [0.15, 0.2) is 40.9 Å². The lowest BCUT2D eigenvalue weighted by atomic mass is 10.1. The Bertz CT molecular complexity index is 520. The van der Waals surface area contributed by atoms with Crippen molar-refractivity contribution in [2.75, 3.05) is 0 Å². The SMILES string of the molecule is O=C(O)Cc1cc(Br)c2ccccc2c1. The maximum Gasteiger partial charge on any atom is 0.307 e. The van der Waals surface area contributed by atoms with Gasteiger partial charge in [-0.25, -0.2) is 0 Å². The highest BCUT2D eigenvalue weighted by molar-refractivity contribution is 9.10. The van der Waals surface area contributed by atoms with Crippen LogP contribution in [0.25, 0.3) is 10.8 Å². The summed E-state index contributed by atoms with van der Waals surface area (Å²) in [7, 11) is 0. The summed E-state index contributed by atoms with van der Waals surface area (Å²) in [5.41, 5.74) is 0.813. The number of benzene rings is 2. The normalized spacial score (nSPS) is 10.5. The number of rotatable bonds is 2. The summed E-state index contributed by atoms with van der Waals surface area (Å²) >= 11 is 3.44. The standard InChI is InChI=1S/C12H9BrO2/c13-11-6-8(7-12(14)15)5-9-3-1-2-4-10(9)11/h1-6H,7H2,(H,14,15). The molecule has 0 heterocycles. The van der Waals surface area contributed by atoms with Crippen LogP contribution in [0.3, 0.4) is 0 Å². The molecule has 0 amide bonds. The number of fused-ring (bicyclic) bond motifs is 1. The van der Waals surface area contributed by atoms with Crippen molar-refractivity contribution in [3.8, 4) is 0 Å². The molecule has 3 heteroatoms. The average molecular weight is 265 g/mol. The molecule has 0 spiro atoms. The molecule has 0 bridgehead atoms. The Balaban J connectivity index is 2.57. The van der Waals surface area contributed by atoms with Crippen LogP contribution in [0.2, 0.25) is 0 Å². The number of carbonyl (C=O) groups is 1. The van der Waals surface area contributed by atoms with Gasteiger partial charge in [0, 0.05) is 4.47 Å². The second-order valence-electron chi connectivity index (χ2n) is 3.37. The van der Waals surface area contributed by atoms with Gasteiger partial charge in [0.25, 0.3) is 0 Å². The first-order chi connectivity index (χ1) is 7.16. The fourth-order valence-corrected chi connectivity index (χ4v) is 2.25. The van der Waals surface area contributed by atoms with Crippen LogP contribution in [0.1, 0.15) is 5.56 Å². The monoisotopic (exact) mass is 264 g/mol. The molecule has 0 saturated carbocycles. The van der Waals surface area contributed by atoms with Crippen LogP contribution in [0, 0.1) is 0 Å². The third-order valence-electron chi connectivity index (χ3n) is 2.23. The Morgan fingerprint density at radius 1 is 1.27 bits per heavy atom. The molecule has 0 unspecified atom stereocenters. The molecular formula is C12H9BrO2. The molecular weight excluding hydrogens is 256 g/mol. The summed E-state index contributed by atoms with van der Waals surface area (Å²) < 4.78 is 0.942. The number of hydrogen-bond donors (Lipinski definition) is 1. The summed E-state index contributed by atoms with van der Waals surface area (Å²) in [6.07, 6.45) is 0.0590. The average Bonchev–Trinajstić information content (AvgIpc) is 2.16. The van der Waals surface area contributed by atoms with Crippen molar-refractivity contribution >= 4 is 32.7 Å². The fourth-order valence-electron chi connectivity index (χ4n) is 1.60. The van der Waals surface area contributed by atoms with Crippen molar-refractivity contribution in [3.63, 3.8) is 0 Å². The zero-order valence-electron chi connectivity index (χ0n) is 7.90. The first-order valence-electron chi connectivity index (χ1n) is 4.56. The smallest absolute Gasteiger partial charge is 0.307 e. The number of carboxylic acid groups (broad SMARTS) is 1. The van der Waals surface area contributed by atoms with Gasteiger partial charge >= 0.3 is 5.97 Å². The maximum atomic E-state index is 10.6. The predicted molar refractivity (Wildman–Crippen MR) is 63.0 cm³/mol. The molecule has 0 fully saturated rings. The van der Waals surface area contributed by atoms with E-state index in [0.29, 0.717) is 0 Å². The van der Waals surface area contributed by atoms with E-state index < -0.39 is 5.97 Å². The molecule has 2 rings (SSSR count). The van der Waals surface area contributed by atoms with Gasteiger partial charge in [-0.3, -0.25) is 4.79 Å².